The van der Waals surface area contributed by atoms with Crippen LogP contribution in [0.25, 0.3) is 0 Å². The van der Waals surface area contributed by atoms with Gasteiger partial charge in [0.1, 0.15) is 30.7 Å². The largest absolute Gasteiger partial charge is 0.462 e. The minimum Gasteiger partial charge on any atom is -0.462 e. The van der Waals surface area contributed by atoms with Gasteiger partial charge in [-0.1, -0.05) is 71.4 Å². The fraction of sp³-hybridized carbons (Fsp3) is 0.804. The van der Waals surface area contributed by atoms with Crippen molar-refractivity contribution in [1.82, 2.24) is 0 Å². The molecule has 7 rings (SSSR count). The second-order valence-electron chi connectivity index (χ2n) is 19.6. The third-order valence-electron chi connectivity index (χ3n) is 14.6. The summed E-state index contributed by atoms with van der Waals surface area (Å²) in [4.78, 5) is 14.4. The monoisotopic (exact) mass is 844 g/mol. The van der Waals surface area contributed by atoms with Gasteiger partial charge in [0.15, 0.2) is 20.4 Å². The van der Waals surface area contributed by atoms with E-state index >= 15 is 0 Å². The van der Waals surface area contributed by atoms with Crippen molar-refractivity contribution in [2.75, 3.05) is 27.6 Å². The molecule has 7 aliphatic rings. The van der Waals surface area contributed by atoms with Crippen molar-refractivity contribution in [3.63, 3.8) is 0 Å². The van der Waals surface area contributed by atoms with E-state index in [0.717, 1.165) is 23.6 Å². The van der Waals surface area contributed by atoms with Crippen molar-refractivity contribution in [3.05, 3.63) is 47.6 Å². The molecule has 0 aromatic rings. The predicted octanol–water partition coefficient (Wildman–Crippen LogP) is 7.16. The molecular formula is C46H72O12Si. The van der Waals surface area contributed by atoms with Gasteiger partial charge in [-0.25, -0.2) is 0 Å². The van der Waals surface area contributed by atoms with Crippen molar-refractivity contribution >= 4 is 14.3 Å². The number of aliphatic hydroxyl groups is 1. The van der Waals surface area contributed by atoms with Gasteiger partial charge < -0.3 is 52.2 Å². The third kappa shape index (κ3) is 8.92. The van der Waals surface area contributed by atoms with Crippen molar-refractivity contribution in [1.29, 1.82) is 0 Å². The Morgan fingerprint density at radius 2 is 1.83 bits per heavy atom. The lowest BCUT2D eigenvalue weighted by molar-refractivity contribution is -0.300. The van der Waals surface area contributed by atoms with Crippen LogP contribution in [0.3, 0.4) is 0 Å². The molecule has 6 aliphatic heterocycles. The number of hydrogen-bond acceptors (Lipinski definition) is 12. The molecule has 0 radical (unpaired) electrons. The summed E-state index contributed by atoms with van der Waals surface area (Å²) in [6.45, 7) is 19.8. The minimum atomic E-state index is -2.08. The molecule has 59 heavy (non-hydrogen) atoms. The first-order valence-electron chi connectivity index (χ1n) is 22.2. The van der Waals surface area contributed by atoms with Crippen LogP contribution in [-0.2, 0) is 51.9 Å². The molecule has 1 saturated carbocycles. The molecular weight excluding hydrogens is 773 g/mol. The molecule has 0 aromatic heterocycles. The number of allylic oxidation sites excluding steroid dienone is 2. The van der Waals surface area contributed by atoms with Gasteiger partial charge in [0.2, 0.25) is 0 Å². The normalized spacial score (nSPS) is 48.9. The lowest BCUT2D eigenvalue weighted by Gasteiger charge is -2.48. The molecule has 12 nitrogen and oxygen atoms in total. The molecule has 17 atom stereocenters. The summed E-state index contributed by atoms with van der Waals surface area (Å²) in [6, 6.07) is 0.816. The summed E-state index contributed by atoms with van der Waals surface area (Å²) >= 11 is 0. The van der Waals surface area contributed by atoms with E-state index in [2.05, 4.69) is 72.9 Å². The Morgan fingerprint density at radius 3 is 2.56 bits per heavy atom. The van der Waals surface area contributed by atoms with Crippen LogP contribution in [0.1, 0.15) is 87.0 Å². The van der Waals surface area contributed by atoms with Crippen LogP contribution in [0, 0.1) is 29.1 Å². The first-order valence-corrected chi connectivity index (χ1v) is 25.3. The van der Waals surface area contributed by atoms with Gasteiger partial charge in [-0.05, 0) is 62.5 Å². The van der Waals surface area contributed by atoms with Gasteiger partial charge in [-0.15, -0.1) is 0 Å². The molecule has 1 spiro atoms. The average molecular weight is 845 g/mol. The Kier molecular flexibility index (Phi) is 13.6. The van der Waals surface area contributed by atoms with E-state index in [1.165, 1.54) is 0 Å². The van der Waals surface area contributed by atoms with Crippen molar-refractivity contribution < 1.29 is 57.0 Å². The number of ether oxygens (including phenoxy) is 9. The minimum absolute atomic E-state index is 0.0401. The van der Waals surface area contributed by atoms with Gasteiger partial charge >= 0.3 is 5.97 Å². The maximum atomic E-state index is 14.4. The molecule has 0 aromatic carbocycles. The zero-order valence-corrected chi connectivity index (χ0v) is 38.3. The fourth-order valence-corrected chi connectivity index (χ4v) is 15.1. The molecule has 6 heterocycles. The fourth-order valence-electron chi connectivity index (χ4n) is 11.6. The molecule has 5 fully saturated rings. The molecule has 1 N–H and O–H groups in total. The molecule has 0 unspecified atom stereocenters. The quantitative estimate of drug-likeness (QED) is 0.115. The van der Waals surface area contributed by atoms with Crippen LogP contribution < -0.4 is 0 Å². The van der Waals surface area contributed by atoms with Crippen LogP contribution in [0.5, 0.6) is 0 Å². The topological polar surface area (TPSA) is 130 Å². The van der Waals surface area contributed by atoms with Gasteiger partial charge in [-0.3, -0.25) is 4.79 Å². The van der Waals surface area contributed by atoms with Gasteiger partial charge in [-0.2, -0.15) is 0 Å². The zero-order chi connectivity index (χ0) is 42.5. The Balaban J connectivity index is 1.24. The summed E-state index contributed by atoms with van der Waals surface area (Å²) in [7, 11) is 1.20. The number of carbonyl (C=O) groups is 1. The highest BCUT2D eigenvalue weighted by molar-refractivity contribution is 6.72. The van der Waals surface area contributed by atoms with Gasteiger partial charge in [0, 0.05) is 56.7 Å². The maximum absolute atomic E-state index is 14.4. The first kappa shape index (κ1) is 45.3. The summed E-state index contributed by atoms with van der Waals surface area (Å²) in [5.74, 6) is -1.38. The summed E-state index contributed by atoms with van der Waals surface area (Å²) < 4.78 is 64.0. The smallest absolute Gasteiger partial charge is 0.306 e. The SMILES string of the molecule is CC[C@H](C)[C@H]1O[C@]2(C=C[C@@H]1C)C[C@@H]1C[C@@H](C/C=C(\C)[C@@H](O[C@H]3C[C@H](OC)[C@@H](OCOC)[C@H](C)O3)[C@@H](C)/C=C/C=C3\CO[C@@H]4[C@@H]5O[Si](C)(C)C[C@]5(C)[C@H](CC(=O)O1)[C@]34O)O2. The number of fused-ring (bicyclic) bond motifs is 5. The lowest BCUT2D eigenvalue weighted by Crippen LogP contribution is -2.53. The highest BCUT2D eigenvalue weighted by Crippen LogP contribution is 2.65. The van der Waals surface area contributed by atoms with E-state index in [9.17, 15) is 9.90 Å². The second kappa shape index (κ2) is 17.8. The third-order valence-corrected chi connectivity index (χ3v) is 17.1. The Morgan fingerprint density at radius 1 is 1.05 bits per heavy atom. The summed E-state index contributed by atoms with van der Waals surface area (Å²) in [5, 5.41) is 12.9. The predicted molar refractivity (Wildman–Crippen MR) is 224 cm³/mol. The number of carbonyl (C=O) groups excluding carboxylic acids is 1. The highest BCUT2D eigenvalue weighted by Gasteiger charge is 2.74. The maximum Gasteiger partial charge on any atom is 0.306 e. The molecule has 1 aliphatic carbocycles. The Hall–Kier alpha value is -1.75. The number of methoxy groups -OCH3 is 2. The number of rotatable bonds is 8. The first-order chi connectivity index (χ1) is 28.0. The number of hydrogen-bond donors (Lipinski definition) is 1. The Labute approximate surface area is 353 Å². The van der Waals surface area contributed by atoms with Crippen LogP contribution in [0.15, 0.2) is 47.6 Å². The van der Waals surface area contributed by atoms with Crippen LogP contribution in [-0.4, -0.2) is 120 Å². The van der Waals surface area contributed by atoms with Crippen LogP contribution in [0.2, 0.25) is 19.1 Å². The van der Waals surface area contributed by atoms with Gasteiger partial charge in [0.25, 0.3) is 0 Å². The van der Waals surface area contributed by atoms with E-state index < -0.39 is 49.5 Å². The van der Waals surface area contributed by atoms with Crippen molar-refractivity contribution in [3.8, 4) is 0 Å². The average Bonchev–Trinajstić information content (AvgIpc) is 3.70. The second-order valence-corrected chi connectivity index (χ2v) is 23.7. The van der Waals surface area contributed by atoms with Crippen molar-refractivity contribution in [2.45, 2.75) is 179 Å². The van der Waals surface area contributed by atoms with E-state index in [-0.39, 0.29) is 80.4 Å². The lowest BCUT2D eigenvalue weighted by atomic mass is 9.71. The molecule has 332 valence electrons. The molecule has 4 saturated heterocycles. The van der Waals surface area contributed by atoms with E-state index in [1.54, 1.807) is 14.2 Å². The molecule has 13 heteroatoms. The molecule has 2 bridgehead atoms. The standard InChI is InChI=1S/C46H72O12Si/c1-12-27(2)40-30(5)18-19-45(57-40)23-34-20-33(56-45)17-16-29(4)39(55-38-21-35(50-9)41(31(6)53-38)52-26-49-8)28(3)14-13-15-32-24-51-43-42-44(7,25-59(10,11)58-42)36(46(32,43)48)22-37(47)54-34/h13-16,18-19,27-28,30-31,33-36,38-43,48H,12,17,20-26H2,1-11H3/b14-13+,29-16+,32-15+/t27-,28-,30-,31-,33+,34-,35-,36-,38-,39-,40+,41-,42-,43+,44+,45+,46+/m0/s1. The van der Waals surface area contributed by atoms with Gasteiger partial charge in [0.05, 0.1) is 49.7 Å². The van der Waals surface area contributed by atoms with Crippen LogP contribution in [0.4, 0.5) is 0 Å². The highest BCUT2D eigenvalue weighted by atomic mass is 28.4. The zero-order valence-electron chi connectivity index (χ0n) is 37.3. The Bertz CT molecular complexity index is 1630. The van der Waals surface area contributed by atoms with E-state index in [1.807, 2.05) is 25.2 Å². The molecule has 0 amide bonds. The van der Waals surface area contributed by atoms with E-state index in [4.69, 9.17) is 47.1 Å². The number of esters is 1. The van der Waals surface area contributed by atoms with E-state index in [0.29, 0.717) is 31.6 Å². The van der Waals surface area contributed by atoms with Crippen molar-refractivity contribution in [2.24, 2.45) is 29.1 Å². The summed E-state index contributed by atoms with van der Waals surface area (Å²) in [6.07, 6.45) is 12.0. The summed E-state index contributed by atoms with van der Waals surface area (Å²) in [5.41, 5.74) is -0.0873. The van der Waals surface area contributed by atoms with Crippen LogP contribution >= 0.6 is 0 Å².